The van der Waals surface area contributed by atoms with E-state index >= 15 is 0 Å². The predicted molar refractivity (Wildman–Crippen MR) is 102 cm³/mol. The zero-order valence-corrected chi connectivity index (χ0v) is 15.8. The lowest BCUT2D eigenvalue weighted by molar-refractivity contribution is -0.0563. The summed E-state index contributed by atoms with van der Waals surface area (Å²) in [7, 11) is 0. The Morgan fingerprint density at radius 2 is 2.22 bits per heavy atom. The maximum atomic E-state index is 6.29. The average molecular weight is 369 g/mol. The number of pyridine rings is 1. The van der Waals surface area contributed by atoms with Crippen LogP contribution in [0.2, 0.25) is 0 Å². The zero-order valence-electron chi connectivity index (χ0n) is 15.8. The van der Waals surface area contributed by atoms with Crippen LogP contribution >= 0.6 is 0 Å². The molecule has 0 bridgehead atoms. The number of hydrogen-bond acceptors (Lipinski definition) is 7. The molecule has 0 radical (unpaired) electrons. The molecule has 0 amide bonds. The molecule has 1 N–H and O–H groups in total. The standard InChI is InChI=1S/C20H27N5O2/c1-16-5-6-19(24-23-16)22-11-17-10-20(27-13-17)14-25(8-9-26-15-20)12-18-4-2-3-7-21-18/h2-7,17H,8-15H2,1H3,(H,22,24)/t17-,20-/m1/s1. The van der Waals surface area contributed by atoms with Crippen molar-refractivity contribution in [2.75, 3.05) is 44.8 Å². The average Bonchev–Trinajstić information content (AvgIpc) is 2.97. The van der Waals surface area contributed by atoms with Gasteiger partial charge >= 0.3 is 0 Å². The molecule has 2 atom stereocenters. The first-order valence-corrected chi connectivity index (χ1v) is 9.59. The monoisotopic (exact) mass is 369 g/mol. The summed E-state index contributed by atoms with van der Waals surface area (Å²) in [5.74, 6) is 1.25. The lowest BCUT2D eigenvalue weighted by Gasteiger charge is -2.31. The van der Waals surface area contributed by atoms with Gasteiger partial charge in [0.15, 0.2) is 0 Å². The van der Waals surface area contributed by atoms with E-state index in [4.69, 9.17) is 9.47 Å². The highest BCUT2D eigenvalue weighted by Gasteiger charge is 2.43. The fourth-order valence-electron chi connectivity index (χ4n) is 3.86. The van der Waals surface area contributed by atoms with Gasteiger partial charge in [-0.15, -0.1) is 5.10 Å². The van der Waals surface area contributed by atoms with Crippen LogP contribution in [0.5, 0.6) is 0 Å². The van der Waals surface area contributed by atoms with Crippen molar-refractivity contribution < 1.29 is 9.47 Å². The molecule has 4 heterocycles. The maximum Gasteiger partial charge on any atom is 0.148 e. The lowest BCUT2D eigenvalue weighted by Crippen LogP contribution is -2.44. The molecule has 0 aromatic carbocycles. The maximum absolute atomic E-state index is 6.29. The molecule has 2 aliphatic rings. The summed E-state index contributed by atoms with van der Waals surface area (Å²) >= 11 is 0. The third-order valence-electron chi connectivity index (χ3n) is 5.20. The number of aromatic nitrogens is 3. The molecule has 0 aliphatic carbocycles. The fraction of sp³-hybridized carbons (Fsp3) is 0.550. The van der Waals surface area contributed by atoms with E-state index in [-0.39, 0.29) is 5.60 Å². The Hall–Kier alpha value is -2.09. The van der Waals surface area contributed by atoms with Gasteiger partial charge in [0.1, 0.15) is 11.4 Å². The van der Waals surface area contributed by atoms with Gasteiger partial charge in [-0.3, -0.25) is 9.88 Å². The van der Waals surface area contributed by atoms with E-state index in [0.29, 0.717) is 12.5 Å². The molecule has 144 valence electrons. The molecule has 4 rings (SSSR count). The minimum Gasteiger partial charge on any atom is -0.377 e. The second kappa shape index (κ2) is 8.29. The summed E-state index contributed by atoms with van der Waals surface area (Å²) in [5.41, 5.74) is 1.78. The van der Waals surface area contributed by atoms with Crippen molar-refractivity contribution in [1.82, 2.24) is 20.1 Å². The summed E-state index contributed by atoms with van der Waals surface area (Å²) in [6.45, 7) is 7.53. The number of anilines is 1. The minimum absolute atomic E-state index is 0.226. The highest BCUT2D eigenvalue weighted by molar-refractivity contribution is 5.32. The summed E-state index contributed by atoms with van der Waals surface area (Å²) < 4.78 is 12.2. The minimum atomic E-state index is -0.226. The fourth-order valence-corrected chi connectivity index (χ4v) is 3.86. The highest BCUT2D eigenvalue weighted by atomic mass is 16.5. The number of nitrogens with one attached hydrogen (secondary N) is 1. The Balaban J connectivity index is 1.34. The van der Waals surface area contributed by atoms with Crippen LogP contribution in [0.25, 0.3) is 0 Å². The van der Waals surface area contributed by atoms with E-state index in [2.05, 4.69) is 31.5 Å². The molecule has 7 heteroatoms. The molecule has 2 aliphatic heterocycles. The summed E-state index contributed by atoms with van der Waals surface area (Å²) in [6.07, 6.45) is 2.83. The summed E-state index contributed by atoms with van der Waals surface area (Å²) in [6, 6.07) is 10.00. The molecule has 2 aromatic rings. The number of ether oxygens (including phenoxy) is 2. The van der Waals surface area contributed by atoms with E-state index in [1.807, 2.05) is 37.4 Å². The topological polar surface area (TPSA) is 72.4 Å². The van der Waals surface area contributed by atoms with Crippen molar-refractivity contribution in [3.63, 3.8) is 0 Å². The molecule has 0 unspecified atom stereocenters. The smallest absolute Gasteiger partial charge is 0.148 e. The first-order valence-electron chi connectivity index (χ1n) is 9.59. The number of aryl methyl sites for hydroxylation is 1. The molecule has 1 spiro atoms. The molecular weight excluding hydrogens is 342 g/mol. The van der Waals surface area contributed by atoms with Crippen molar-refractivity contribution in [3.05, 3.63) is 47.9 Å². The Bertz CT molecular complexity index is 727. The molecule has 2 aromatic heterocycles. The van der Waals surface area contributed by atoms with Crippen LogP contribution < -0.4 is 5.32 Å². The third-order valence-corrected chi connectivity index (χ3v) is 5.20. The van der Waals surface area contributed by atoms with Crippen LogP contribution in [0.1, 0.15) is 17.8 Å². The van der Waals surface area contributed by atoms with Crippen molar-refractivity contribution in [2.45, 2.75) is 25.5 Å². The Labute approximate surface area is 160 Å². The Kier molecular flexibility index (Phi) is 5.61. The van der Waals surface area contributed by atoms with E-state index in [9.17, 15) is 0 Å². The molecule has 27 heavy (non-hydrogen) atoms. The second-order valence-electron chi connectivity index (χ2n) is 7.59. The second-order valence-corrected chi connectivity index (χ2v) is 7.59. The van der Waals surface area contributed by atoms with Gasteiger partial charge in [-0.2, -0.15) is 5.10 Å². The first kappa shape index (κ1) is 18.3. The molecule has 2 saturated heterocycles. The van der Waals surface area contributed by atoms with Crippen LogP contribution in [0.4, 0.5) is 5.82 Å². The Morgan fingerprint density at radius 1 is 1.26 bits per heavy atom. The normalized spacial score (nSPS) is 26.2. The van der Waals surface area contributed by atoms with Crippen LogP contribution in [-0.2, 0) is 16.0 Å². The molecule has 7 nitrogen and oxygen atoms in total. The molecule has 2 fully saturated rings. The van der Waals surface area contributed by atoms with Gasteiger partial charge in [0.25, 0.3) is 0 Å². The largest absolute Gasteiger partial charge is 0.377 e. The van der Waals surface area contributed by atoms with E-state index < -0.39 is 0 Å². The third kappa shape index (κ3) is 4.80. The first-order chi connectivity index (χ1) is 13.2. The SMILES string of the molecule is Cc1ccc(NC[C@@H]2CO[C@]3(COCCN(Cc4ccccn4)C3)C2)nn1. The zero-order chi connectivity index (χ0) is 18.5. The number of hydrogen-bond donors (Lipinski definition) is 1. The molecule has 0 saturated carbocycles. The summed E-state index contributed by atoms with van der Waals surface area (Å²) in [5, 5.41) is 11.7. The van der Waals surface area contributed by atoms with E-state index in [1.54, 1.807) is 0 Å². The van der Waals surface area contributed by atoms with Gasteiger partial charge in [0, 0.05) is 38.3 Å². The lowest BCUT2D eigenvalue weighted by atomic mass is 9.94. The van der Waals surface area contributed by atoms with Gasteiger partial charge < -0.3 is 14.8 Å². The molecular formula is C20H27N5O2. The van der Waals surface area contributed by atoms with Gasteiger partial charge in [0.05, 0.1) is 31.2 Å². The van der Waals surface area contributed by atoms with Crippen molar-refractivity contribution in [2.24, 2.45) is 5.92 Å². The van der Waals surface area contributed by atoms with Crippen LogP contribution in [0.3, 0.4) is 0 Å². The number of nitrogens with zero attached hydrogens (tertiary/aromatic N) is 4. The van der Waals surface area contributed by atoms with Crippen LogP contribution in [0.15, 0.2) is 36.5 Å². The van der Waals surface area contributed by atoms with Crippen molar-refractivity contribution in [1.29, 1.82) is 0 Å². The van der Waals surface area contributed by atoms with Crippen molar-refractivity contribution >= 4 is 5.82 Å². The van der Waals surface area contributed by atoms with Gasteiger partial charge in [-0.25, -0.2) is 0 Å². The Morgan fingerprint density at radius 3 is 3.04 bits per heavy atom. The van der Waals surface area contributed by atoms with Gasteiger partial charge in [-0.05, 0) is 37.6 Å². The van der Waals surface area contributed by atoms with E-state index in [1.165, 1.54) is 0 Å². The van der Waals surface area contributed by atoms with Gasteiger partial charge in [-0.1, -0.05) is 6.07 Å². The van der Waals surface area contributed by atoms with Crippen LogP contribution in [0, 0.1) is 12.8 Å². The van der Waals surface area contributed by atoms with E-state index in [0.717, 1.165) is 63.0 Å². The predicted octanol–water partition coefficient (Wildman–Crippen LogP) is 1.90. The van der Waals surface area contributed by atoms with Crippen molar-refractivity contribution in [3.8, 4) is 0 Å². The summed E-state index contributed by atoms with van der Waals surface area (Å²) in [4.78, 5) is 6.86. The van der Waals surface area contributed by atoms with Gasteiger partial charge in [0.2, 0.25) is 0 Å². The van der Waals surface area contributed by atoms with Crippen LogP contribution in [-0.4, -0.2) is 65.1 Å². The number of rotatable bonds is 5. The highest BCUT2D eigenvalue weighted by Crippen LogP contribution is 2.33. The quantitative estimate of drug-likeness (QED) is 0.863.